The predicted molar refractivity (Wildman–Crippen MR) is 157 cm³/mol. The van der Waals surface area contributed by atoms with Crippen LogP contribution in [0.25, 0.3) is 0 Å². The minimum Gasteiger partial charge on any atom is -0.385 e. The van der Waals surface area contributed by atoms with Crippen molar-refractivity contribution in [2.75, 3.05) is 26.4 Å². The van der Waals surface area contributed by atoms with E-state index in [9.17, 15) is 24.0 Å². The molecule has 0 atom stereocenters. The monoisotopic (exact) mass is 592 g/mol. The molecule has 1 saturated carbocycles. The molecular weight excluding hydrogens is 544 g/mol. The fraction of sp³-hybridized carbons (Fsp3) is 0.750. The molecule has 3 rings (SSSR count). The van der Waals surface area contributed by atoms with Gasteiger partial charge in [0.15, 0.2) is 0 Å². The molecular formula is C28H48N6O6Si. The first kappa shape index (κ1) is 32.6. The number of nitrogens with two attached hydrogens (primary N) is 2. The summed E-state index contributed by atoms with van der Waals surface area (Å²) in [5.74, 6) is -2.23. The van der Waals surface area contributed by atoms with Gasteiger partial charge in [-0.2, -0.15) is 0 Å². The highest BCUT2D eigenvalue weighted by Gasteiger charge is 2.54. The average Bonchev–Trinajstić information content (AvgIpc) is 2.99. The van der Waals surface area contributed by atoms with Crippen molar-refractivity contribution in [2.24, 2.45) is 22.8 Å². The Bertz CT molecular complexity index is 1120. The average molecular weight is 593 g/mol. The topological polar surface area (TPSA) is 160 Å². The van der Waals surface area contributed by atoms with E-state index in [0.29, 0.717) is 38.8 Å². The molecule has 0 aromatic heterocycles. The molecule has 0 bridgehead atoms. The van der Waals surface area contributed by atoms with Gasteiger partial charge in [0, 0.05) is 33.8 Å². The van der Waals surface area contributed by atoms with E-state index in [2.05, 4.69) is 26.6 Å². The summed E-state index contributed by atoms with van der Waals surface area (Å²) in [5.41, 5.74) is 9.68. The number of nitrogens with zero attached hydrogens (tertiary/aromatic N) is 4. The van der Waals surface area contributed by atoms with Crippen LogP contribution < -0.4 is 11.5 Å². The summed E-state index contributed by atoms with van der Waals surface area (Å²) in [6.07, 6.45) is 2.17. The summed E-state index contributed by atoms with van der Waals surface area (Å²) in [4.78, 5) is 71.1. The Hall–Kier alpha value is -2.93. The summed E-state index contributed by atoms with van der Waals surface area (Å²) in [6, 6.07) is -0.525. The number of carbonyl (C=O) groups is 5. The van der Waals surface area contributed by atoms with Crippen molar-refractivity contribution >= 4 is 37.9 Å². The number of ether oxygens (including phenoxy) is 1. The molecule has 1 aliphatic carbocycles. The van der Waals surface area contributed by atoms with Crippen LogP contribution in [0, 0.1) is 11.3 Å². The van der Waals surface area contributed by atoms with E-state index in [0.717, 1.165) is 15.8 Å². The standard InChI is InChI=1S/C28H48N6O6Si/c1-18(2)15-31-22(35)20(21(29)30)23(36)34(26(31)39)19-9-11-28(5,12-10-19)16-33-25(38)32(24(37)27(33,3)4)17-40-13-14-41(6,7)8/h18-19H,9-17,29-30H2,1-8H3. The van der Waals surface area contributed by atoms with Crippen LogP contribution in [0.1, 0.15) is 60.3 Å². The minimum absolute atomic E-state index is 0.0118. The zero-order chi connectivity index (χ0) is 31.1. The number of carbonyl (C=O) groups excluding carboxylic acids is 5. The summed E-state index contributed by atoms with van der Waals surface area (Å²) in [6.45, 7) is 17.0. The first-order valence-electron chi connectivity index (χ1n) is 14.5. The van der Waals surface area contributed by atoms with E-state index in [1.807, 2.05) is 13.8 Å². The van der Waals surface area contributed by atoms with Crippen LogP contribution in [0.5, 0.6) is 0 Å². The van der Waals surface area contributed by atoms with Gasteiger partial charge < -0.3 is 21.1 Å². The summed E-state index contributed by atoms with van der Waals surface area (Å²) >= 11 is 0. The zero-order valence-corrected chi connectivity index (χ0v) is 26.9. The number of amides is 7. The SMILES string of the molecule is CC(C)CN1C(=O)C(=C(N)N)C(=O)N(C2CCC(C)(CN3C(=O)N(COCC[Si](C)(C)C)C(=O)C3(C)C)CC2)C1=O. The molecule has 0 spiro atoms. The van der Waals surface area contributed by atoms with Gasteiger partial charge in [0.25, 0.3) is 17.7 Å². The second kappa shape index (κ2) is 11.7. The van der Waals surface area contributed by atoms with E-state index >= 15 is 0 Å². The fourth-order valence-electron chi connectivity index (χ4n) is 5.67. The van der Waals surface area contributed by atoms with Crippen molar-refractivity contribution in [3.05, 3.63) is 11.4 Å². The number of barbiturate groups is 1. The van der Waals surface area contributed by atoms with E-state index in [-0.39, 0.29) is 42.1 Å². The molecule has 2 heterocycles. The van der Waals surface area contributed by atoms with Crippen molar-refractivity contribution in [3.63, 3.8) is 0 Å². The first-order valence-corrected chi connectivity index (χ1v) is 18.2. The van der Waals surface area contributed by atoms with Crippen LogP contribution >= 0.6 is 0 Å². The third kappa shape index (κ3) is 6.77. The van der Waals surface area contributed by atoms with E-state index < -0.39 is 43.3 Å². The van der Waals surface area contributed by atoms with Crippen molar-refractivity contribution in [1.82, 2.24) is 19.6 Å². The van der Waals surface area contributed by atoms with Gasteiger partial charge in [0.05, 0.1) is 0 Å². The highest BCUT2D eigenvalue weighted by atomic mass is 28.3. The lowest BCUT2D eigenvalue weighted by Crippen LogP contribution is -2.61. The van der Waals surface area contributed by atoms with Gasteiger partial charge in [0.1, 0.15) is 23.7 Å². The molecule has 0 aromatic carbocycles. The van der Waals surface area contributed by atoms with E-state index in [1.165, 1.54) is 4.90 Å². The number of imide groups is 3. The van der Waals surface area contributed by atoms with Crippen LogP contribution in [0.3, 0.4) is 0 Å². The largest absolute Gasteiger partial charge is 0.385 e. The second-order valence-electron chi connectivity index (χ2n) is 14.1. The minimum atomic E-state index is -1.30. The molecule has 4 N–H and O–H groups in total. The molecule has 41 heavy (non-hydrogen) atoms. The van der Waals surface area contributed by atoms with Gasteiger partial charge in [-0.15, -0.1) is 0 Å². The molecule has 0 aromatic rings. The highest BCUT2D eigenvalue weighted by Crippen LogP contribution is 2.42. The molecule has 7 amide bonds. The Kier molecular flexibility index (Phi) is 9.33. The summed E-state index contributed by atoms with van der Waals surface area (Å²) < 4.78 is 5.73. The summed E-state index contributed by atoms with van der Waals surface area (Å²) in [5, 5.41) is 0. The Morgan fingerprint density at radius 3 is 2.05 bits per heavy atom. The normalized spacial score (nSPS) is 25.7. The number of urea groups is 2. The molecule has 12 nitrogen and oxygen atoms in total. The lowest BCUT2D eigenvalue weighted by molar-refractivity contribution is -0.139. The molecule has 13 heteroatoms. The van der Waals surface area contributed by atoms with Crippen LogP contribution in [-0.2, 0) is 19.1 Å². The molecule has 230 valence electrons. The third-order valence-electron chi connectivity index (χ3n) is 8.35. The van der Waals surface area contributed by atoms with Crippen LogP contribution in [0.15, 0.2) is 11.4 Å². The molecule has 0 radical (unpaired) electrons. The van der Waals surface area contributed by atoms with Gasteiger partial charge in [-0.25, -0.2) is 14.5 Å². The second-order valence-corrected chi connectivity index (χ2v) is 19.8. The first-order chi connectivity index (χ1) is 18.8. The molecule has 2 saturated heterocycles. The van der Waals surface area contributed by atoms with Gasteiger partial charge in [0.2, 0.25) is 0 Å². The maximum atomic E-state index is 13.4. The fourth-order valence-corrected chi connectivity index (χ4v) is 6.43. The van der Waals surface area contributed by atoms with Crippen molar-refractivity contribution < 1.29 is 28.7 Å². The predicted octanol–water partition coefficient (Wildman–Crippen LogP) is 2.87. The van der Waals surface area contributed by atoms with Crippen LogP contribution in [-0.4, -0.2) is 95.5 Å². The smallest absolute Gasteiger partial charge is 0.334 e. The lowest BCUT2D eigenvalue weighted by atomic mass is 9.72. The van der Waals surface area contributed by atoms with Gasteiger partial charge in [-0.05, 0) is 56.9 Å². The highest BCUT2D eigenvalue weighted by molar-refractivity contribution is 6.76. The molecule has 3 fully saturated rings. The van der Waals surface area contributed by atoms with Gasteiger partial charge in [-0.3, -0.25) is 24.2 Å². The van der Waals surface area contributed by atoms with Gasteiger partial charge >= 0.3 is 12.1 Å². The Balaban J connectivity index is 1.71. The lowest BCUT2D eigenvalue weighted by Gasteiger charge is -2.46. The maximum absolute atomic E-state index is 13.4. The maximum Gasteiger partial charge on any atom is 0.334 e. The number of hydrogen-bond donors (Lipinski definition) is 2. The molecule has 2 aliphatic heterocycles. The van der Waals surface area contributed by atoms with Crippen LogP contribution in [0.2, 0.25) is 25.7 Å². The molecule has 0 unspecified atom stereocenters. The Morgan fingerprint density at radius 1 is 0.951 bits per heavy atom. The Morgan fingerprint density at radius 2 is 1.54 bits per heavy atom. The third-order valence-corrected chi connectivity index (χ3v) is 10.1. The van der Waals surface area contributed by atoms with Crippen molar-refractivity contribution in [3.8, 4) is 0 Å². The quantitative estimate of drug-likeness (QED) is 0.129. The zero-order valence-electron chi connectivity index (χ0n) is 25.9. The molecule has 3 aliphatic rings. The van der Waals surface area contributed by atoms with Gasteiger partial charge in [-0.1, -0.05) is 40.4 Å². The van der Waals surface area contributed by atoms with Crippen molar-refractivity contribution in [1.29, 1.82) is 0 Å². The van der Waals surface area contributed by atoms with Crippen molar-refractivity contribution in [2.45, 2.75) is 97.6 Å². The van der Waals surface area contributed by atoms with E-state index in [1.54, 1.807) is 18.7 Å². The number of rotatable bonds is 10. The van der Waals surface area contributed by atoms with Crippen LogP contribution in [0.4, 0.5) is 9.59 Å². The number of hydrogen-bond acceptors (Lipinski definition) is 8. The van der Waals surface area contributed by atoms with E-state index in [4.69, 9.17) is 16.2 Å². The summed E-state index contributed by atoms with van der Waals surface area (Å²) in [7, 11) is -1.30. The Labute approximate surface area is 244 Å².